The van der Waals surface area contributed by atoms with Crippen molar-refractivity contribution < 1.29 is 15.0 Å². The van der Waals surface area contributed by atoms with Gasteiger partial charge in [0.2, 0.25) is 5.91 Å². The Morgan fingerprint density at radius 2 is 2.07 bits per heavy atom. The number of aliphatic hydroxyl groups is 2. The summed E-state index contributed by atoms with van der Waals surface area (Å²) >= 11 is 0. The van der Waals surface area contributed by atoms with Crippen molar-refractivity contribution in [3.8, 4) is 0 Å². The van der Waals surface area contributed by atoms with E-state index in [9.17, 15) is 4.79 Å². The van der Waals surface area contributed by atoms with E-state index in [0.29, 0.717) is 6.42 Å². The zero-order valence-electron chi connectivity index (χ0n) is 9.11. The lowest BCUT2D eigenvalue weighted by Gasteiger charge is -2.11. The molecule has 0 saturated heterocycles. The molecular weight excluding hydrogens is 194 g/mol. The summed E-state index contributed by atoms with van der Waals surface area (Å²) < 4.78 is 0. The highest BCUT2D eigenvalue weighted by atomic mass is 16.3. The molecule has 1 unspecified atom stereocenters. The maximum absolute atomic E-state index is 11.3. The Bertz CT molecular complexity index is 190. The number of nitrogens with one attached hydrogen (secondary N) is 1. The third-order valence-corrected chi connectivity index (χ3v) is 3.00. The predicted octanol–water partition coefficient (Wildman–Crippen LogP) is 0.426. The Morgan fingerprint density at radius 1 is 1.40 bits per heavy atom. The van der Waals surface area contributed by atoms with Crippen molar-refractivity contribution >= 4 is 5.91 Å². The maximum atomic E-state index is 11.3. The van der Waals surface area contributed by atoms with Gasteiger partial charge >= 0.3 is 0 Å². The highest BCUT2D eigenvalue weighted by Crippen LogP contribution is 2.28. The fourth-order valence-corrected chi connectivity index (χ4v) is 2.02. The number of amides is 1. The Labute approximate surface area is 90.7 Å². The van der Waals surface area contributed by atoms with Crippen molar-refractivity contribution in [3.63, 3.8) is 0 Å². The molecular formula is C11H21NO3. The van der Waals surface area contributed by atoms with E-state index in [0.717, 1.165) is 12.3 Å². The molecule has 1 rings (SSSR count). The van der Waals surface area contributed by atoms with Gasteiger partial charge in [-0.2, -0.15) is 0 Å². The fraction of sp³-hybridized carbons (Fsp3) is 0.909. The Kier molecular flexibility index (Phi) is 5.65. The summed E-state index contributed by atoms with van der Waals surface area (Å²) in [7, 11) is 0. The Morgan fingerprint density at radius 3 is 2.67 bits per heavy atom. The highest BCUT2D eigenvalue weighted by molar-refractivity contribution is 5.75. The summed E-state index contributed by atoms with van der Waals surface area (Å²) in [5.74, 6) is 0.702. The number of carbonyl (C=O) groups excluding carboxylic acids is 1. The van der Waals surface area contributed by atoms with Crippen molar-refractivity contribution in [2.75, 3.05) is 13.2 Å². The molecule has 0 aromatic rings. The van der Waals surface area contributed by atoms with Gasteiger partial charge in [-0.15, -0.1) is 0 Å². The molecule has 88 valence electrons. The van der Waals surface area contributed by atoms with Crippen LogP contribution in [0.2, 0.25) is 0 Å². The molecule has 0 heterocycles. The molecule has 0 spiro atoms. The zero-order valence-corrected chi connectivity index (χ0v) is 9.11. The van der Waals surface area contributed by atoms with E-state index in [4.69, 9.17) is 10.2 Å². The van der Waals surface area contributed by atoms with E-state index < -0.39 is 6.10 Å². The van der Waals surface area contributed by atoms with E-state index in [2.05, 4.69) is 5.32 Å². The molecule has 0 aromatic carbocycles. The molecule has 1 saturated carbocycles. The second-order valence-electron chi connectivity index (χ2n) is 4.33. The van der Waals surface area contributed by atoms with Crippen LogP contribution in [0, 0.1) is 5.92 Å². The second-order valence-corrected chi connectivity index (χ2v) is 4.33. The minimum Gasteiger partial charge on any atom is -0.394 e. The molecule has 0 bridgehead atoms. The van der Waals surface area contributed by atoms with Crippen LogP contribution in [0.15, 0.2) is 0 Å². The number of rotatable bonds is 6. The van der Waals surface area contributed by atoms with Crippen LogP contribution in [-0.2, 0) is 4.79 Å². The third kappa shape index (κ3) is 5.14. The lowest BCUT2D eigenvalue weighted by atomic mass is 10.0. The van der Waals surface area contributed by atoms with Gasteiger partial charge in [0.05, 0.1) is 12.7 Å². The van der Waals surface area contributed by atoms with Crippen LogP contribution in [-0.4, -0.2) is 35.4 Å². The molecule has 4 nitrogen and oxygen atoms in total. The average Bonchev–Trinajstić information content (AvgIpc) is 2.75. The average molecular weight is 215 g/mol. The first-order valence-corrected chi connectivity index (χ1v) is 5.78. The van der Waals surface area contributed by atoms with Gasteiger partial charge in [0.15, 0.2) is 0 Å². The first-order valence-electron chi connectivity index (χ1n) is 5.78. The predicted molar refractivity (Wildman–Crippen MR) is 57.3 cm³/mol. The van der Waals surface area contributed by atoms with Crippen LogP contribution in [0.4, 0.5) is 0 Å². The molecule has 0 aromatic heterocycles. The molecule has 3 N–H and O–H groups in total. The van der Waals surface area contributed by atoms with Gasteiger partial charge in [-0.1, -0.05) is 25.7 Å². The van der Waals surface area contributed by atoms with Gasteiger partial charge in [0, 0.05) is 13.0 Å². The smallest absolute Gasteiger partial charge is 0.220 e. The van der Waals surface area contributed by atoms with Crippen molar-refractivity contribution in [1.29, 1.82) is 0 Å². The van der Waals surface area contributed by atoms with Gasteiger partial charge in [-0.25, -0.2) is 0 Å². The van der Waals surface area contributed by atoms with Gasteiger partial charge in [-0.3, -0.25) is 4.79 Å². The first-order chi connectivity index (χ1) is 7.22. The summed E-state index contributed by atoms with van der Waals surface area (Å²) in [4.78, 5) is 11.3. The van der Waals surface area contributed by atoms with Crippen molar-refractivity contribution in [1.82, 2.24) is 5.32 Å². The molecule has 4 heteroatoms. The van der Waals surface area contributed by atoms with Crippen LogP contribution in [0.5, 0.6) is 0 Å². The number of aliphatic hydroxyl groups excluding tert-OH is 2. The largest absolute Gasteiger partial charge is 0.394 e. The molecule has 0 aliphatic heterocycles. The van der Waals surface area contributed by atoms with E-state index >= 15 is 0 Å². The first kappa shape index (κ1) is 12.5. The van der Waals surface area contributed by atoms with Crippen LogP contribution in [0.3, 0.4) is 0 Å². The molecule has 1 aliphatic rings. The van der Waals surface area contributed by atoms with Crippen LogP contribution < -0.4 is 5.32 Å². The van der Waals surface area contributed by atoms with Crippen molar-refractivity contribution in [2.24, 2.45) is 5.92 Å². The minimum atomic E-state index is -0.833. The summed E-state index contributed by atoms with van der Waals surface area (Å²) in [5, 5.41) is 20.2. The molecule has 1 atom stereocenters. The fourth-order valence-electron chi connectivity index (χ4n) is 2.02. The molecule has 15 heavy (non-hydrogen) atoms. The monoisotopic (exact) mass is 215 g/mol. The van der Waals surface area contributed by atoms with Gasteiger partial charge in [0.25, 0.3) is 0 Å². The number of carbonyl (C=O) groups is 1. The van der Waals surface area contributed by atoms with Crippen LogP contribution >= 0.6 is 0 Å². The van der Waals surface area contributed by atoms with Gasteiger partial charge in [0.1, 0.15) is 0 Å². The summed E-state index contributed by atoms with van der Waals surface area (Å²) in [6.07, 6.45) is 5.79. The van der Waals surface area contributed by atoms with E-state index in [-0.39, 0.29) is 19.1 Å². The molecule has 1 amide bonds. The Hall–Kier alpha value is -0.610. The zero-order chi connectivity index (χ0) is 11.1. The summed E-state index contributed by atoms with van der Waals surface area (Å²) in [6, 6.07) is 0. The van der Waals surface area contributed by atoms with E-state index in [1.54, 1.807) is 0 Å². The van der Waals surface area contributed by atoms with Crippen molar-refractivity contribution in [2.45, 2.75) is 44.6 Å². The van der Waals surface area contributed by atoms with Crippen LogP contribution in [0.25, 0.3) is 0 Å². The van der Waals surface area contributed by atoms with E-state index in [1.807, 2.05) is 0 Å². The highest BCUT2D eigenvalue weighted by Gasteiger charge is 2.16. The molecule has 0 radical (unpaired) electrons. The SMILES string of the molecule is O=C(CCC1CCCC1)NCC(O)CO. The summed E-state index contributed by atoms with van der Waals surface area (Å²) in [5.41, 5.74) is 0. The topological polar surface area (TPSA) is 69.6 Å². The maximum Gasteiger partial charge on any atom is 0.220 e. The molecule has 1 fully saturated rings. The van der Waals surface area contributed by atoms with E-state index in [1.165, 1.54) is 25.7 Å². The quantitative estimate of drug-likeness (QED) is 0.601. The second kappa shape index (κ2) is 6.80. The number of hydrogen-bond acceptors (Lipinski definition) is 3. The molecule has 1 aliphatic carbocycles. The van der Waals surface area contributed by atoms with Crippen LogP contribution in [0.1, 0.15) is 38.5 Å². The summed E-state index contributed by atoms with van der Waals surface area (Å²) in [6.45, 7) is -0.150. The van der Waals surface area contributed by atoms with Gasteiger partial charge < -0.3 is 15.5 Å². The van der Waals surface area contributed by atoms with Crippen molar-refractivity contribution in [3.05, 3.63) is 0 Å². The lowest BCUT2D eigenvalue weighted by molar-refractivity contribution is -0.121. The Balaban J connectivity index is 2.02. The minimum absolute atomic E-state index is 0.0191. The number of hydrogen-bond donors (Lipinski definition) is 3. The lowest BCUT2D eigenvalue weighted by Crippen LogP contribution is -2.33. The van der Waals surface area contributed by atoms with Gasteiger partial charge in [-0.05, 0) is 12.3 Å². The third-order valence-electron chi connectivity index (χ3n) is 3.00. The standard InChI is InChI=1S/C11H21NO3/c13-8-10(14)7-12-11(15)6-5-9-3-1-2-4-9/h9-10,13-14H,1-8H2,(H,12,15). The normalized spacial score (nSPS) is 19.1.